The molecule has 7 nitrogen and oxygen atoms in total. The first-order valence-electron chi connectivity index (χ1n) is 7.00. The van der Waals surface area contributed by atoms with Crippen LogP contribution in [0, 0.1) is 5.82 Å². The van der Waals surface area contributed by atoms with E-state index in [-0.39, 0.29) is 27.7 Å². The molecule has 0 unspecified atom stereocenters. The van der Waals surface area contributed by atoms with E-state index in [0.29, 0.717) is 0 Å². The van der Waals surface area contributed by atoms with Gasteiger partial charge in [-0.05, 0) is 24.3 Å². The first-order valence-corrected chi connectivity index (χ1v) is 7.37. The second kappa shape index (κ2) is 6.70. The summed E-state index contributed by atoms with van der Waals surface area (Å²) in [6.07, 6.45) is 2.60. The highest BCUT2D eigenvalue weighted by atomic mass is 35.5. The van der Waals surface area contributed by atoms with E-state index >= 15 is 0 Å². The summed E-state index contributed by atoms with van der Waals surface area (Å²) in [5.74, 6) is -1.98. The van der Waals surface area contributed by atoms with Crippen molar-refractivity contribution in [2.45, 2.75) is 0 Å². The van der Waals surface area contributed by atoms with Gasteiger partial charge in [-0.1, -0.05) is 17.7 Å². The lowest BCUT2D eigenvalue weighted by molar-refractivity contribution is 0.102. The first kappa shape index (κ1) is 16.6. The minimum Gasteiger partial charge on any atom is -0.356 e. The van der Waals surface area contributed by atoms with Crippen molar-refractivity contribution in [1.29, 1.82) is 0 Å². The van der Waals surface area contributed by atoms with Crippen LogP contribution in [0.2, 0.25) is 5.02 Å². The third-order valence-corrected chi connectivity index (χ3v) is 3.61. The molecular formula is C16H10ClFN4O3. The molecule has 9 heteroatoms. The Morgan fingerprint density at radius 1 is 1.20 bits per heavy atom. The van der Waals surface area contributed by atoms with Gasteiger partial charge >= 0.3 is 5.69 Å². The molecule has 1 aromatic carbocycles. The predicted molar refractivity (Wildman–Crippen MR) is 88.4 cm³/mol. The first-order chi connectivity index (χ1) is 12.0. The summed E-state index contributed by atoms with van der Waals surface area (Å²) < 4.78 is 13.8. The van der Waals surface area contributed by atoms with Crippen molar-refractivity contribution < 1.29 is 14.0 Å². The van der Waals surface area contributed by atoms with Crippen LogP contribution < -0.4 is 11.0 Å². The maximum absolute atomic E-state index is 13.8. The average molecular weight is 361 g/mol. The SMILES string of the molecule is O=C(Nc1cc[nH]c(=O)n1)c1cc(C(=O)c2c(F)cccc2Cl)c[nH]1. The molecule has 0 saturated carbocycles. The number of hydrogen-bond donors (Lipinski definition) is 3. The van der Waals surface area contributed by atoms with Crippen molar-refractivity contribution in [2.75, 3.05) is 5.32 Å². The maximum atomic E-state index is 13.8. The van der Waals surface area contributed by atoms with E-state index in [1.165, 1.54) is 36.7 Å². The molecule has 0 aliphatic carbocycles. The van der Waals surface area contributed by atoms with Gasteiger partial charge in [0.2, 0.25) is 0 Å². The standard InChI is InChI=1S/C16H10ClFN4O3/c17-9-2-1-3-10(18)13(9)14(23)8-6-11(20-7-8)15(24)21-12-4-5-19-16(25)22-12/h1-7,20H,(H2,19,21,22,24,25). The minimum absolute atomic E-state index is 0.0232. The van der Waals surface area contributed by atoms with Crippen molar-refractivity contribution in [3.05, 3.63) is 80.9 Å². The minimum atomic E-state index is -0.752. The van der Waals surface area contributed by atoms with E-state index in [2.05, 4.69) is 20.3 Å². The number of carbonyl (C=O) groups excluding carboxylic acids is 2. The van der Waals surface area contributed by atoms with Gasteiger partial charge in [-0.15, -0.1) is 0 Å². The number of nitrogens with one attached hydrogen (secondary N) is 3. The number of H-pyrrole nitrogens is 2. The smallest absolute Gasteiger partial charge is 0.346 e. The molecule has 0 spiro atoms. The zero-order chi connectivity index (χ0) is 18.0. The fourth-order valence-corrected chi connectivity index (χ4v) is 2.39. The van der Waals surface area contributed by atoms with Crippen LogP contribution in [0.4, 0.5) is 10.2 Å². The van der Waals surface area contributed by atoms with Crippen molar-refractivity contribution in [1.82, 2.24) is 15.0 Å². The molecule has 3 rings (SSSR count). The number of aromatic amines is 2. The third kappa shape index (κ3) is 3.48. The second-order valence-electron chi connectivity index (χ2n) is 4.96. The quantitative estimate of drug-likeness (QED) is 0.621. The Balaban J connectivity index is 1.83. The lowest BCUT2D eigenvalue weighted by Crippen LogP contribution is -2.17. The molecule has 3 N–H and O–H groups in total. The monoisotopic (exact) mass is 360 g/mol. The fraction of sp³-hybridized carbons (Fsp3) is 0. The van der Waals surface area contributed by atoms with E-state index in [0.717, 1.165) is 6.07 Å². The van der Waals surface area contributed by atoms with E-state index in [1.54, 1.807) is 0 Å². The number of carbonyl (C=O) groups is 2. The van der Waals surface area contributed by atoms with Crippen LogP contribution in [-0.2, 0) is 0 Å². The zero-order valence-electron chi connectivity index (χ0n) is 12.5. The highest BCUT2D eigenvalue weighted by Crippen LogP contribution is 2.22. The van der Waals surface area contributed by atoms with Gasteiger partial charge in [-0.2, -0.15) is 4.98 Å². The lowest BCUT2D eigenvalue weighted by Gasteiger charge is -2.03. The van der Waals surface area contributed by atoms with Crippen LogP contribution in [0.5, 0.6) is 0 Å². The van der Waals surface area contributed by atoms with Gasteiger partial charge in [0.25, 0.3) is 5.91 Å². The molecule has 3 aromatic rings. The Morgan fingerprint density at radius 2 is 2.00 bits per heavy atom. The molecule has 1 amide bonds. The van der Waals surface area contributed by atoms with Crippen LogP contribution >= 0.6 is 11.6 Å². The summed E-state index contributed by atoms with van der Waals surface area (Å²) in [5.41, 5.74) is -0.783. The van der Waals surface area contributed by atoms with Crippen molar-refractivity contribution in [2.24, 2.45) is 0 Å². The third-order valence-electron chi connectivity index (χ3n) is 3.29. The summed E-state index contributed by atoms with van der Waals surface area (Å²) in [7, 11) is 0. The van der Waals surface area contributed by atoms with Gasteiger partial charge in [0.1, 0.15) is 17.3 Å². The fourth-order valence-electron chi connectivity index (χ4n) is 2.14. The molecule has 0 fully saturated rings. The normalized spacial score (nSPS) is 10.5. The van der Waals surface area contributed by atoms with Crippen LogP contribution in [0.25, 0.3) is 0 Å². The Hall–Kier alpha value is -3.26. The van der Waals surface area contributed by atoms with Gasteiger partial charge in [-0.25, -0.2) is 9.18 Å². The van der Waals surface area contributed by atoms with Crippen LogP contribution in [0.1, 0.15) is 26.4 Å². The molecule has 0 saturated heterocycles. The van der Waals surface area contributed by atoms with Crippen LogP contribution in [0.15, 0.2) is 47.5 Å². The molecule has 25 heavy (non-hydrogen) atoms. The Bertz CT molecular complexity index is 1010. The average Bonchev–Trinajstić information content (AvgIpc) is 3.04. The van der Waals surface area contributed by atoms with Crippen LogP contribution in [-0.4, -0.2) is 26.6 Å². The number of hydrogen-bond acceptors (Lipinski definition) is 4. The van der Waals surface area contributed by atoms with Crippen LogP contribution in [0.3, 0.4) is 0 Å². The molecule has 2 heterocycles. The molecule has 0 aliphatic heterocycles. The van der Waals surface area contributed by atoms with Gasteiger partial charge in [0.15, 0.2) is 5.78 Å². The lowest BCUT2D eigenvalue weighted by atomic mass is 10.1. The number of halogens is 2. The second-order valence-corrected chi connectivity index (χ2v) is 5.37. The summed E-state index contributed by atoms with van der Waals surface area (Å²) in [5, 5.41) is 2.38. The summed E-state index contributed by atoms with van der Waals surface area (Å²) in [6.45, 7) is 0. The summed E-state index contributed by atoms with van der Waals surface area (Å²) in [4.78, 5) is 44.1. The van der Waals surface area contributed by atoms with Gasteiger partial charge < -0.3 is 15.3 Å². The highest BCUT2D eigenvalue weighted by Gasteiger charge is 2.20. The molecule has 0 radical (unpaired) electrons. The van der Waals surface area contributed by atoms with E-state index in [4.69, 9.17) is 11.6 Å². The maximum Gasteiger partial charge on any atom is 0.346 e. The van der Waals surface area contributed by atoms with Crippen molar-refractivity contribution in [3.63, 3.8) is 0 Å². The largest absolute Gasteiger partial charge is 0.356 e. The molecule has 0 aliphatic rings. The zero-order valence-corrected chi connectivity index (χ0v) is 13.2. The number of nitrogens with zero attached hydrogens (tertiary/aromatic N) is 1. The molecular weight excluding hydrogens is 351 g/mol. The number of aromatic nitrogens is 3. The van der Waals surface area contributed by atoms with Crippen molar-refractivity contribution in [3.8, 4) is 0 Å². The molecule has 0 bridgehead atoms. The van der Waals surface area contributed by atoms with E-state index in [9.17, 15) is 18.8 Å². The molecule has 0 atom stereocenters. The van der Waals surface area contributed by atoms with Gasteiger partial charge in [0.05, 0.1) is 10.6 Å². The summed E-state index contributed by atoms with van der Waals surface area (Å²) in [6, 6.07) is 6.56. The highest BCUT2D eigenvalue weighted by molar-refractivity contribution is 6.35. The number of rotatable bonds is 4. The Labute approximate surface area is 144 Å². The number of benzene rings is 1. The Kier molecular flexibility index (Phi) is 4.44. The number of ketones is 1. The van der Waals surface area contributed by atoms with Gasteiger partial charge in [0, 0.05) is 18.0 Å². The molecule has 126 valence electrons. The number of amides is 1. The van der Waals surface area contributed by atoms with Gasteiger partial charge in [-0.3, -0.25) is 9.59 Å². The Morgan fingerprint density at radius 3 is 2.72 bits per heavy atom. The topological polar surface area (TPSA) is 108 Å². The van der Waals surface area contributed by atoms with E-state index < -0.39 is 23.2 Å². The van der Waals surface area contributed by atoms with Crippen molar-refractivity contribution >= 4 is 29.1 Å². The molecule has 2 aromatic heterocycles. The predicted octanol–water partition coefficient (Wildman–Crippen LogP) is 2.37. The van der Waals surface area contributed by atoms with E-state index in [1.807, 2.05) is 0 Å². The summed E-state index contributed by atoms with van der Waals surface area (Å²) >= 11 is 5.87. The number of anilines is 1.